The minimum absolute atomic E-state index is 0.963. The molecule has 0 saturated carbocycles. The first-order valence-corrected chi connectivity index (χ1v) is 6.35. The largest absolute Gasteiger partial charge is 0.313 e. The van der Waals surface area contributed by atoms with Crippen molar-refractivity contribution in [1.82, 2.24) is 15.1 Å². The second kappa shape index (κ2) is 4.78. The van der Waals surface area contributed by atoms with Gasteiger partial charge < -0.3 is 5.32 Å². The Morgan fingerprint density at radius 1 is 1.28 bits per heavy atom. The van der Waals surface area contributed by atoms with Crippen molar-refractivity contribution in [3.05, 3.63) is 53.9 Å². The molecule has 0 bridgehead atoms. The first-order valence-electron chi connectivity index (χ1n) is 6.35. The number of benzene rings is 1. The predicted molar refractivity (Wildman–Crippen MR) is 73.8 cm³/mol. The number of para-hydroxylation sites is 1. The molecule has 18 heavy (non-hydrogen) atoms. The molecule has 0 saturated heterocycles. The summed E-state index contributed by atoms with van der Waals surface area (Å²) in [6, 6.07) is 8.31. The smallest absolute Gasteiger partial charge is 0.0674 e. The molecule has 92 valence electrons. The Hall–Kier alpha value is -1.87. The molecule has 0 spiro atoms. The molecular weight excluding hydrogens is 222 g/mol. The van der Waals surface area contributed by atoms with Crippen LogP contribution in [-0.4, -0.2) is 22.9 Å². The van der Waals surface area contributed by atoms with Gasteiger partial charge >= 0.3 is 0 Å². The fraction of sp³-hybridized carbons (Fsp3) is 0.267. The standard InChI is InChI=1S/C15H17N3/c1-12-4-2-3-5-15(12)18-11-14(10-17-18)13-6-8-16-9-7-13/h2-6,10-11,16H,7-9H2,1H3. The van der Waals surface area contributed by atoms with Gasteiger partial charge in [-0.25, -0.2) is 4.68 Å². The van der Waals surface area contributed by atoms with Gasteiger partial charge in [0.2, 0.25) is 0 Å². The van der Waals surface area contributed by atoms with Gasteiger partial charge in [0.25, 0.3) is 0 Å². The quantitative estimate of drug-likeness (QED) is 0.873. The van der Waals surface area contributed by atoms with Crippen LogP contribution in [0.25, 0.3) is 11.3 Å². The molecule has 1 aliphatic heterocycles. The Labute approximate surface area is 107 Å². The molecule has 0 radical (unpaired) electrons. The lowest BCUT2D eigenvalue weighted by atomic mass is 10.0. The van der Waals surface area contributed by atoms with Gasteiger partial charge in [-0.05, 0) is 37.1 Å². The molecule has 1 N–H and O–H groups in total. The Balaban J connectivity index is 1.94. The van der Waals surface area contributed by atoms with E-state index in [1.807, 2.05) is 16.9 Å². The Bertz CT molecular complexity index is 581. The monoisotopic (exact) mass is 239 g/mol. The Kier molecular flexibility index (Phi) is 2.99. The van der Waals surface area contributed by atoms with E-state index in [-0.39, 0.29) is 0 Å². The van der Waals surface area contributed by atoms with Gasteiger partial charge in [0.1, 0.15) is 0 Å². The SMILES string of the molecule is Cc1ccccc1-n1cc(C2=CCNCC2)cn1. The predicted octanol–water partition coefficient (Wildman–Crippen LogP) is 2.56. The highest BCUT2D eigenvalue weighted by Crippen LogP contribution is 2.21. The fourth-order valence-electron chi connectivity index (χ4n) is 2.33. The lowest BCUT2D eigenvalue weighted by Gasteiger charge is -2.12. The summed E-state index contributed by atoms with van der Waals surface area (Å²) in [5.41, 5.74) is 5.03. The van der Waals surface area contributed by atoms with Crippen molar-refractivity contribution in [2.75, 3.05) is 13.1 Å². The van der Waals surface area contributed by atoms with Gasteiger partial charge in [-0.1, -0.05) is 24.3 Å². The van der Waals surface area contributed by atoms with Crippen molar-refractivity contribution in [2.24, 2.45) is 0 Å². The highest BCUT2D eigenvalue weighted by atomic mass is 15.3. The van der Waals surface area contributed by atoms with Gasteiger partial charge in [-0.3, -0.25) is 0 Å². The van der Waals surface area contributed by atoms with Crippen LogP contribution in [0.1, 0.15) is 17.5 Å². The average Bonchev–Trinajstić information content (AvgIpc) is 2.90. The summed E-state index contributed by atoms with van der Waals surface area (Å²) in [6.07, 6.45) is 7.42. The molecule has 0 amide bonds. The van der Waals surface area contributed by atoms with Crippen molar-refractivity contribution >= 4 is 5.57 Å². The molecule has 2 aromatic rings. The average molecular weight is 239 g/mol. The molecule has 0 unspecified atom stereocenters. The van der Waals surface area contributed by atoms with Crippen LogP contribution in [0.3, 0.4) is 0 Å². The van der Waals surface area contributed by atoms with Crippen molar-refractivity contribution < 1.29 is 0 Å². The maximum absolute atomic E-state index is 4.48. The van der Waals surface area contributed by atoms with Gasteiger partial charge in [-0.2, -0.15) is 5.10 Å². The van der Waals surface area contributed by atoms with Gasteiger partial charge in [-0.15, -0.1) is 0 Å². The van der Waals surface area contributed by atoms with Gasteiger partial charge in [0.15, 0.2) is 0 Å². The zero-order valence-corrected chi connectivity index (χ0v) is 10.6. The zero-order valence-electron chi connectivity index (χ0n) is 10.6. The first-order chi connectivity index (χ1) is 8.84. The Morgan fingerprint density at radius 3 is 2.94 bits per heavy atom. The molecule has 3 heteroatoms. The van der Waals surface area contributed by atoms with Crippen molar-refractivity contribution in [3.63, 3.8) is 0 Å². The lowest BCUT2D eigenvalue weighted by Crippen LogP contribution is -2.19. The zero-order chi connectivity index (χ0) is 12.4. The maximum Gasteiger partial charge on any atom is 0.0674 e. The molecule has 2 heterocycles. The normalized spacial score (nSPS) is 15.5. The van der Waals surface area contributed by atoms with E-state index in [0.717, 1.165) is 25.2 Å². The number of hydrogen-bond acceptors (Lipinski definition) is 2. The maximum atomic E-state index is 4.48. The van der Waals surface area contributed by atoms with Crippen molar-refractivity contribution in [1.29, 1.82) is 0 Å². The van der Waals surface area contributed by atoms with Crippen LogP contribution < -0.4 is 5.32 Å². The first kappa shape index (κ1) is 11.2. The van der Waals surface area contributed by atoms with Crippen LogP contribution in [0.4, 0.5) is 0 Å². The summed E-state index contributed by atoms with van der Waals surface area (Å²) in [5.74, 6) is 0. The fourth-order valence-corrected chi connectivity index (χ4v) is 2.33. The number of rotatable bonds is 2. The summed E-state index contributed by atoms with van der Waals surface area (Å²) >= 11 is 0. The second-order valence-corrected chi connectivity index (χ2v) is 4.64. The van der Waals surface area contributed by atoms with Gasteiger partial charge in [0, 0.05) is 18.3 Å². The summed E-state index contributed by atoms with van der Waals surface area (Å²) in [6.45, 7) is 4.13. The van der Waals surface area contributed by atoms with Crippen LogP contribution in [0.5, 0.6) is 0 Å². The van der Waals surface area contributed by atoms with Crippen molar-refractivity contribution in [3.8, 4) is 5.69 Å². The topological polar surface area (TPSA) is 29.9 Å². The minimum atomic E-state index is 0.963. The third-order valence-electron chi connectivity index (χ3n) is 3.38. The molecule has 1 aromatic heterocycles. The van der Waals surface area contributed by atoms with Crippen LogP contribution in [-0.2, 0) is 0 Å². The number of nitrogens with zero attached hydrogens (tertiary/aromatic N) is 2. The van der Waals surface area contributed by atoms with E-state index in [0.29, 0.717) is 0 Å². The molecule has 0 atom stereocenters. The highest BCUT2D eigenvalue weighted by Gasteiger charge is 2.09. The van der Waals surface area contributed by atoms with E-state index >= 15 is 0 Å². The minimum Gasteiger partial charge on any atom is -0.313 e. The molecule has 0 fully saturated rings. The van der Waals surface area contributed by atoms with E-state index in [2.05, 4.69) is 47.8 Å². The van der Waals surface area contributed by atoms with Gasteiger partial charge in [0.05, 0.1) is 11.9 Å². The molecule has 1 aromatic carbocycles. The highest BCUT2D eigenvalue weighted by molar-refractivity contribution is 5.65. The summed E-state index contributed by atoms with van der Waals surface area (Å²) in [7, 11) is 0. The number of aryl methyl sites for hydroxylation is 1. The van der Waals surface area contributed by atoms with E-state index in [1.54, 1.807) is 0 Å². The summed E-state index contributed by atoms with van der Waals surface area (Å²) in [4.78, 5) is 0. The molecule has 1 aliphatic rings. The van der Waals surface area contributed by atoms with E-state index in [9.17, 15) is 0 Å². The van der Waals surface area contributed by atoms with E-state index in [1.165, 1.54) is 16.7 Å². The lowest BCUT2D eigenvalue weighted by molar-refractivity contribution is 0.738. The van der Waals surface area contributed by atoms with E-state index in [4.69, 9.17) is 0 Å². The van der Waals surface area contributed by atoms with Crippen LogP contribution in [0.2, 0.25) is 0 Å². The van der Waals surface area contributed by atoms with Crippen molar-refractivity contribution in [2.45, 2.75) is 13.3 Å². The Morgan fingerprint density at radius 2 is 2.17 bits per heavy atom. The summed E-state index contributed by atoms with van der Waals surface area (Å²) < 4.78 is 1.97. The summed E-state index contributed by atoms with van der Waals surface area (Å²) in [5, 5.41) is 7.81. The molecule has 0 aliphatic carbocycles. The van der Waals surface area contributed by atoms with Crippen LogP contribution in [0, 0.1) is 6.92 Å². The van der Waals surface area contributed by atoms with E-state index < -0.39 is 0 Å². The second-order valence-electron chi connectivity index (χ2n) is 4.64. The number of hydrogen-bond donors (Lipinski definition) is 1. The third kappa shape index (κ3) is 2.09. The number of aromatic nitrogens is 2. The van der Waals surface area contributed by atoms with Crippen LogP contribution >= 0.6 is 0 Å². The molecular formula is C15H17N3. The molecule has 3 rings (SSSR count). The number of nitrogens with one attached hydrogen (secondary N) is 1. The van der Waals surface area contributed by atoms with Crippen LogP contribution in [0.15, 0.2) is 42.7 Å². The third-order valence-corrected chi connectivity index (χ3v) is 3.38. The molecule has 3 nitrogen and oxygen atoms in total.